The first-order valence-electron chi connectivity index (χ1n) is 16.9. The number of hydrogen-bond acceptors (Lipinski definition) is 6. The van der Waals surface area contributed by atoms with Crippen LogP contribution >= 0.6 is 0 Å². The summed E-state index contributed by atoms with van der Waals surface area (Å²) >= 11 is 0. The summed E-state index contributed by atoms with van der Waals surface area (Å²) in [5.41, 5.74) is 0. The molecular weight excluding hydrogens is 512 g/mol. The van der Waals surface area contributed by atoms with Gasteiger partial charge in [-0.25, -0.2) is 9.78 Å². The van der Waals surface area contributed by atoms with E-state index in [0.29, 0.717) is 0 Å². The highest BCUT2D eigenvalue weighted by molar-refractivity contribution is 7.81. The first kappa shape index (κ1) is 38.8. The van der Waals surface area contributed by atoms with Crippen molar-refractivity contribution in [2.45, 2.75) is 207 Å². The third-order valence-corrected chi connectivity index (χ3v) is 7.99. The number of unbranched alkanes of at least 4 members (excludes halogenated alkanes) is 22. The lowest BCUT2D eigenvalue weighted by molar-refractivity contribution is -0.289. The zero-order valence-electron chi connectivity index (χ0n) is 26.4. The van der Waals surface area contributed by atoms with Crippen molar-refractivity contribution in [3.63, 3.8) is 0 Å². The van der Waals surface area contributed by atoms with Gasteiger partial charge in [-0.15, -0.1) is 0 Å². The van der Waals surface area contributed by atoms with E-state index in [1.165, 1.54) is 128 Å². The predicted octanol–water partition coefficient (Wildman–Crippen LogP) is 11.1. The minimum absolute atomic E-state index is 0.315. The summed E-state index contributed by atoms with van der Waals surface area (Å²) in [5, 5.41) is 0. The Labute approximate surface area is 243 Å². The molecule has 0 spiro atoms. The van der Waals surface area contributed by atoms with E-state index in [2.05, 4.69) is 22.5 Å². The Morgan fingerprint density at radius 1 is 0.410 bits per heavy atom. The van der Waals surface area contributed by atoms with E-state index in [4.69, 9.17) is 9.78 Å². The summed E-state index contributed by atoms with van der Waals surface area (Å²) in [7, 11) is -4.33. The first-order chi connectivity index (χ1) is 18.9. The van der Waals surface area contributed by atoms with Gasteiger partial charge in [0.25, 0.3) is 0 Å². The van der Waals surface area contributed by atoms with Crippen LogP contribution in [0.5, 0.6) is 0 Å². The Balaban J connectivity index is 3.55. The Bertz CT molecular complexity index is 539. The molecule has 7 heteroatoms. The second-order valence-corrected chi connectivity index (χ2v) is 12.8. The van der Waals surface area contributed by atoms with E-state index in [1.54, 1.807) is 0 Å². The fourth-order valence-electron chi connectivity index (χ4n) is 4.88. The van der Waals surface area contributed by atoms with Crippen molar-refractivity contribution in [2.24, 2.45) is 0 Å². The second kappa shape index (κ2) is 29.3. The molecule has 0 amide bonds. The molecule has 0 rings (SSSR count). The molecule has 0 radical (unpaired) electrons. The lowest BCUT2D eigenvalue weighted by Gasteiger charge is -2.13. The topological polar surface area (TPSA) is 71.1 Å². The van der Waals surface area contributed by atoms with Crippen LogP contribution in [0.1, 0.15) is 195 Å². The van der Waals surface area contributed by atoms with E-state index in [1.807, 2.05) is 13.8 Å². The van der Waals surface area contributed by atoms with Crippen molar-refractivity contribution in [3.8, 4) is 0 Å². The van der Waals surface area contributed by atoms with Crippen molar-refractivity contribution in [2.75, 3.05) is 0 Å². The summed E-state index contributed by atoms with van der Waals surface area (Å²) in [6, 6.07) is 0. The molecule has 2 atom stereocenters. The van der Waals surface area contributed by atoms with Gasteiger partial charge in [-0.1, -0.05) is 177 Å². The van der Waals surface area contributed by atoms with Gasteiger partial charge in [-0.2, -0.15) is 8.42 Å². The monoisotopic (exact) mass is 578 g/mol. The molecule has 0 aliphatic carbocycles. The van der Waals surface area contributed by atoms with E-state index in [9.17, 15) is 8.42 Å². The maximum atomic E-state index is 11.9. The smallest absolute Gasteiger partial charge is 0.215 e. The SMILES string of the molecule is CCCCCCCCCCCCCCC(C)OOS(=O)(=O)OOC(C)CCCCCCCCCCCCCC. The van der Waals surface area contributed by atoms with Gasteiger partial charge in [0.05, 0.1) is 12.2 Å². The lowest BCUT2D eigenvalue weighted by atomic mass is 10.0. The molecule has 0 saturated heterocycles. The molecule has 0 aromatic rings. The van der Waals surface area contributed by atoms with Gasteiger partial charge in [0.15, 0.2) is 0 Å². The van der Waals surface area contributed by atoms with Crippen LogP contribution in [0.15, 0.2) is 0 Å². The molecule has 0 heterocycles. The summed E-state index contributed by atoms with van der Waals surface area (Å²) in [6.45, 7) is 8.14. The van der Waals surface area contributed by atoms with Crippen LogP contribution in [-0.2, 0) is 28.8 Å². The molecule has 0 aromatic heterocycles. The molecule has 39 heavy (non-hydrogen) atoms. The van der Waals surface area contributed by atoms with Gasteiger partial charge in [-0.05, 0) is 26.7 Å². The van der Waals surface area contributed by atoms with Crippen molar-refractivity contribution >= 4 is 10.4 Å². The molecule has 0 aliphatic heterocycles. The lowest BCUT2D eigenvalue weighted by Crippen LogP contribution is -2.19. The van der Waals surface area contributed by atoms with Crippen LogP contribution in [0.4, 0.5) is 0 Å². The standard InChI is InChI=1S/C32H66O6S/c1-5-7-9-11-13-15-17-19-21-23-25-27-29-31(3)35-37-39(33,34)38-36-32(4)30-28-26-24-22-20-18-16-14-12-10-8-6-2/h31-32H,5-30H2,1-4H3. The normalized spacial score (nSPS) is 13.6. The minimum Gasteiger partial charge on any atom is -0.215 e. The number of hydrogen-bond donors (Lipinski definition) is 0. The molecular formula is C32H66O6S. The third kappa shape index (κ3) is 30.6. The van der Waals surface area contributed by atoms with E-state index in [0.717, 1.165) is 38.5 Å². The van der Waals surface area contributed by atoms with Crippen molar-refractivity contribution in [1.82, 2.24) is 0 Å². The summed E-state index contributed by atoms with van der Waals surface area (Å²) < 4.78 is 32.9. The quantitative estimate of drug-likeness (QED) is 0.0449. The van der Waals surface area contributed by atoms with Gasteiger partial charge in [0.2, 0.25) is 0 Å². The van der Waals surface area contributed by atoms with Crippen molar-refractivity contribution in [1.29, 1.82) is 0 Å². The van der Waals surface area contributed by atoms with E-state index >= 15 is 0 Å². The molecule has 0 aromatic carbocycles. The van der Waals surface area contributed by atoms with E-state index < -0.39 is 10.4 Å². The maximum Gasteiger partial charge on any atom is 0.453 e. The molecule has 236 valence electrons. The Hall–Kier alpha value is -0.210. The Morgan fingerprint density at radius 3 is 0.897 bits per heavy atom. The first-order valence-corrected chi connectivity index (χ1v) is 18.2. The van der Waals surface area contributed by atoms with E-state index in [-0.39, 0.29) is 12.2 Å². The second-order valence-electron chi connectivity index (χ2n) is 11.7. The minimum atomic E-state index is -4.33. The van der Waals surface area contributed by atoms with Gasteiger partial charge >= 0.3 is 10.4 Å². The molecule has 0 N–H and O–H groups in total. The fourth-order valence-corrected chi connectivity index (χ4v) is 5.37. The zero-order valence-corrected chi connectivity index (χ0v) is 27.2. The number of rotatable bonds is 32. The van der Waals surface area contributed by atoms with Crippen LogP contribution in [0, 0.1) is 0 Å². The van der Waals surface area contributed by atoms with Gasteiger partial charge in [0.1, 0.15) is 0 Å². The Kier molecular flexibility index (Phi) is 29.1. The van der Waals surface area contributed by atoms with Crippen LogP contribution < -0.4 is 0 Å². The average Bonchev–Trinajstić information content (AvgIpc) is 2.92. The average molecular weight is 579 g/mol. The highest BCUT2D eigenvalue weighted by Crippen LogP contribution is 2.16. The van der Waals surface area contributed by atoms with Gasteiger partial charge < -0.3 is 0 Å². The fraction of sp³-hybridized carbons (Fsp3) is 1.00. The van der Waals surface area contributed by atoms with Crippen LogP contribution in [0.3, 0.4) is 0 Å². The predicted molar refractivity (Wildman–Crippen MR) is 164 cm³/mol. The van der Waals surface area contributed by atoms with Gasteiger partial charge in [-0.3, -0.25) is 0 Å². The molecule has 0 saturated carbocycles. The maximum absolute atomic E-state index is 11.9. The van der Waals surface area contributed by atoms with Gasteiger partial charge in [0, 0.05) is 0 Å². The highest BCUT2D eigenvalue weighted by Gasteiger charge is 2.19. The molecule has 0 bridgehead atoms. The largest absolute Gasteiger partial charge is 0.453 e. The molecule has 6 nitrogen and oxygen atoms in total. The summed E-state index contributed by atoms with van der Waals surface area (Å²) in [4.78, 5) is 10.0. The molecule has 0 aliphatic rings. The van der Waals surface area contributed by atoms with Crippen LogP contribution in [-0.4, -0.2) is 20.6 Å². The molecule has 0 fully saturated rings. The summed E-state index contributed by atoms with van der Waals surface area (Å²) in [5.74, 6) is 0. The van der Waals surface area contributed by atoms with Crippen molar-refractivity contribution in [3.05, 3.63) is 0 Å². The summed E-state index contributed by atoms with van der Waals surface area (Å²) in [6.07, 6.45) is 31.9. The van der Waals surface area contributed by atoms with Crippen molar-refractivity contribution < 1.29 is 26.9 Å². The highest BCUT2D eigenvalue weighted by atomic mass is 32.3. The Morgan fingerprint density at radius 2 is 0.641 bits per heavy atom. The third-order valence-electron chi connectivity index (χ3n) is 7.50. The molecule has 2 unspecified atom stereocenters. The zero-order chi connectivity index (χ0) is 28.9. The van der Waals surface area contributed by atoms with Crippen LogP contribution in [0.2, 0.25) is 0 Å². The van der Waals surface area contributed by atoms with Crippen LogP contribution in [0.25, 0.3) is 0 Å².